The highest BCUT2D eigenvalue weighted by atomic mass is 35.5. The van der Waals surface area contributed by atoms with Crippen molar-refractivity contribution in [3.05, 3.63) is 74.9 Å². The molecule has 0 spiro atoms. The van der Waals surface area contributed by atoms with E-state index in [0.29, 0.717) is 17.8 Å². The molecular formula is C22H22ClFN2O3. The van der Waals surface area contributed by atoms with E-state index in [-0.39, 0.29) is 30.0 Å². The summed E-state index contributed by atoms with van der Waals surface area (Å²) < 4.78 is 20.0. The molecule has 0 unspecified atom stereocenters. The standard InChI is InChI=1S/C22H22ClFN2O3/c1-2-3-12-26-20-7-5-4-6-18(20)25-19(22(26)28)10-11-21(27)29-14-15-8-9-16(24)13-17(15)23/h4-9,13H,2-3,10-12,14H2,1H3. The maximum Gasteiger partial charge on any atom is 0.306 e. The molecule has 2 aromatic carbocycles. The number of para-hydroxylation sites is 2. The molecule has 1 aromatic heterocycles. The summed E-state index contributed by atoms with van der Waals surface area (Å²) in [6, 6.07) is 11.4. The molecule has 0 saturated heterocycles. The zero-order chi connectivity index (χ0) is 20.8. The van der Waals surface area contributed by atoms with Gasteiger partial charge in [0.05, 0.1) is 22.5 Å². The summed E-state index contributed by atoms with van der Waals surface area (Å²) in [5.74, 6) is -0.924. The number of carbonyl (C=O) groups is 1. The Hall–Kier alpha value is -2.73. The number of ether oxygens (including phenoxy) is 1. The van der Waals surface area contributed by atoms with E-state index in [1.165, 1.54) is 18.2 Å². The summed E-state index contributed by atoms with van der Waals surface area (Å²) in [4.78, 5) is 29.4. The van der Waals surface area contributed by atoms with Gasteiger partial charge in [-0.1, -0.05) is 43.1 Å². The molecule has 7 heteroatoms. The Bertz CT molecular complexity index is 1080. The fourth-order valence-corrected chi connectivity index (χ4v) is 3.26. The molecule has 0 aliphatic heterocycles. The second-order valence-corrected chi connectivity index (χ2v) is 7.16. The first-order valence-corrected chi connectivity index (χ1v) is 9.95. The van der Waals surface area contributed by atoms with Crippen LogP contribution in [0.2, 0.25) is 5.02 Å². The highest BCUT2D eigenvalue weighted by Gasteiger charge is 2.13. The Labute approximate surface area is 173 Å². The second kappa shape index (κ2) is 9.65. The summed E-state index contributed by atoms with van der Waals surface area (Å²) in [7, 11) is 0. The lowest BCUT2D eigenvalue weighted by molar-refractivity contribution is -0.144. The summed E-state index contributed by atoms with van der Waals surface area (Å²) in [6.07, 6.45) is 2.06. The first-order chi connectivity index (χ1) is 14.0. The highest BCUT2D eigenvalue weighted by molar-refractivity contribution is 6.31. The minimum absolute atomic E-state index is 0.0210. The van der Waals surface area contributed by atoms with Gasteiger partial charge in [0, 0.05) is 18.5 Å². The number of aryl methyl sites for hydroxylation is 2. The number of unbranched alkanes of at least 4 members (excludes halogenated alkanes) is 1. The monoisotopic (exact) mass is 416 g/mol. The number of nitrogens with zero attached hydrogens (tertiary/aromatic N) is 2. The average molecular weight is 417 g/mol. The molecule has 152 valence electrons. The second-order valence-electron chi connectivity index (χ2n) is 6.75. The Kier molecular flexibility index (Phi) is 6.99. The smallest absolute Gasteiger partial charge is 0.306 e. The lowest BCUT2D eigenvalue weighted by Crippen LogP contribution is -2.26. The molecule has 3 aromatic rings. The number of esters is 1. The van der Waals surface area contributed by atoms with Crippen LogP contribution < -0.4 is 5.56 Å². The Balaban J connectivity index is 1.70. The molecule has 0 fully saturated rings. The van der Waals surface area contributed by atoms with E-state index in [1.54, 1.807) is 4.57 Å². The Morgan fingerprint density at radius 1 is 1.24 bits per heavy atom. The van der Waals surface area contributed by atoms with Crippen molar-refractivity contribution in [2.24, 2.45) is 0 Å². The lowest BCUT2D eigenvalue weighted by atomic mass is 10.2. The molecule has 0 amide bonds. The normalized spacial score (nSPS) is 11.0. The number of rotatable bonds is 8. The quantitative estimate of drug-likeness (QED) is 0.501. The van der Waals surface area contributed by atoms with Gasteiger partial charge in [-0.15, -0.1) is 0 Å². The van der Waals surface area contributed by atoms with Crippen LogP contribution in [0.3, 0.4) is 0 Å². The molecule has 0 N–H and O–H groups in total. The predicted molar refractivity (Wildman–Crippen MR) is 110 cm³/mol. The Morgan fingerprint density at radius 3 is 2.79 bits per heavy atom. The van der Waals surface area contributed by atoms with Gasteiger partial charge < -0.3 is 9.30 Å². The number of halogens is 2. The third-order valence-corrected chi connectivity index (χ3v) is 4.98. The van der Waals surface area contributed by atoms with E-state index in [2.05, 4.69) is 11.9 Å². The number of carbonyl (C=O) groups excluding carboxylic acids is 1. The van der Waals surface area contributed by atoms with E-state index < -0.39 is 11.8 Å². The molecule has 3 rings (SSSR count). The van der Waals surface area contributed by atoms with Crippen LogP contribution in [0.4, 0.5) is 4.39 Å². The maximum absolute atomic E-state index is 13.1. The van der Waals surface area contributed by atoms with Gasteiger partial charge in [-0.3, -0.25) is 9.59 Å². The van der Waals surface area contributed by atoms with E-state index >= 15 is 0 Å². The number of hydrogen-bond donors (Lipinski definition) is 0. The fraction of sp³-hybridized carbons (Fsp3) is 0.318. The zero-order valence-electron chi connectivity index (χ0n) is 16.2. The van der Waals surface area contributed by atoms with Crippen molar-refractivity contribution in [3.8, 4) is 0 Å². The van der Waals surface area contributed by atoms with Gasteiger partial charge in [-0.2, -0.15) is 0 Å². The first kappa shape index (κ1) is 21.0. The van der Waals surface area contributed by atoms with E-state index in [4.69, 9.17) is 16.3 Å². The molecule has 0 aliphatic carbocycles. The minimum Gasteiger partial charge on any atom is -0.461 e. The topological polar surface area (TPSA) is 61.2 Å². The molecule has 5 nitrogen and oxygen atoms in total. The van der Waals surface area contributed by atoms with Gasteiger partial charge in [-0.05, 0) is 30.7 Å². The van der Waals surface area contributed by atoms with Crippen LogP contribution >= 0.6 is 11.6 Å². The van der Waals surface area contributed by atoms with Crippen LogP contribution in [0.1, 0.15) is 37.4 Å². The predicted octanol–water partition coefficient (Wildman–Crippen LogP) is 4.67. The van der Waals surface area contributed by atoms with Gasteiger partial charge >= 0.3 is 5.97 Å². The zero-order valence-corrected chi connectivity index (χ0v) is 16.9. The molecule has 0 saturated carbocycles. The van der Waals surface area contributed by atoms with Crippen molar-refractivity contribution in [1.82, 2.24) is 9.55 Å². The summed E-state index contributed by atoms with van der Waals surface area (Å²) in [6.45, 7) is 2.63. The number of fused-ring (bicyclic) bond motifs is 1. The van der Waals surface area contributed by atoms with Gasteiger partial charge in [0.1, 0.15) is 18.1 Å². The summed E-state index contributed by atoms with van der Waals surface area (Å²) in [5, 5.41) is 0.202. The van der Waals surface area contributed by atoms with Gasteiger partial charge in [-0.25, -0.2) is 9.37 Å². The Morgan fingerprint density at radius 2 is 2.03 bits per heavy atom. The number of aromatic nitrogens is 2. The van der Waals surface area contributed by atoms with Crippen molar-refractivity contribution < 1.29 is 13.9 Å². The molecule has 0 aliphatic rings. The number of hydrogen-bond acceptors (Lipinski definition) is 4. The maximum atomic E-state index is 13.1. The van der Waals surface area contributed by atoms with Gasteiger partial charge in [0.25, 0.3) is 5.56 Å². The summed E-state index contributed by atoms with van der Waals surface area (Å²) >= 11 is 5.94. The van der Waals surface area contributed by atoms with E-state index in [9.17, 15) is 14.0 Å². The highest BCUT2D eigenvalue weighted by Crippen LogP contribution is 2.18. The van der Waals surface area contributed by atoms with Crippen LogP contribution in [0.5, 0.6) is 0 Å². The van der Waals surface area contributed by atoms with E-state index in [1.807, 2.05) is 24.3 Å². The van der Waals surface area contributed by atoms with Crippen molar-refractivity contribution >= 4 is 28.6 Å². The average Bonchev–Trinajstić information content (AvgIpc) is 2.71. The number of benzene rings is 2. The van der Waals surface area contributed by atoms with Gasteiger partial charge in [0.2, 0.25) is 0 Å². The third-order valence-electron chi connectivity index (χ3n) is 4.62. The fourth-order valence-electron chi connectivity index (χ4n) is 3.04. The van der Waals surface area contributed by atoms with Crippen molar-refractivity contribution in [3.63, 3.8) is 0 Å². The minimum atomic E-state index is -0.472. The molecule has 1 heterocycles. The SMILES string of the molecule is CCCCn1c(=O)c(CCC(=O)OCc2ccc(F)cc2Cl)nc2ccccc21. The first-order valence-electron chi connectivity index (χ1n) is 9.57. The largest absolute Gasteiger partial charge is 0.461 e. The summed E-state index contributed by atoms with van der Waals surface area (Å²) in [5.41, 5.74) is 2.21. The molecule has 0 atom stereocenters. The van der Waals surface area contributed by atoms with Crippen LogP contribution in [0.15, 0.2) is 47.3 Å². The van der Waals surface area contributed by atoms with Crippen LogP contribution in [0.25, 0.3) is 11.0 Å². The molecule has 0 bridgehead atoms. The van der Waals surface area contributed by atoms with Crippen LogP contribution in [-0.4, -0.2) is 15.5 Å². The lowest BCUT2D eigenvalue weighted by Gasteiger charge is -2.12. The van der Waals surface area contributed by atoms with Crippen molar-refractivity contribution in [2.75, 3.05) is 0 Å². The third kappa shape index (κ3) is 5.21. The van der Waals surface area contributed by atoms with Crippen LogP contribution in [-0.2, 0) is 29.1 Å². The molecule has 0 radical (unpaired) electrons. The van der Waals surface area contributed by atoms with Crippen LogP contribution in [0, 0.1) is 5.82 Å². The van der Waals surface area contributed by atoms with Crippen molar-refractivity contribution in [1.29, 1.82) is 0 Å². The molecular weight excluding hydrogens is 395 g/mol. The van der Waals surface area contributed by atoms with Crippen molar-refractivity contribution in [2.45, 2.75) is 45.8 Å². The molecule has 29 heavy (non-hydrogen) atoms. The van der Waals surface area contributed by atoms with E-state index in [0.717, 1.165) is 23.9 Å². The van der Waals surface area contributed by atoms with Gasteiger partial charge in [0.15, 0.2) is 0 Å².